The maximum atomic E-state index is 4.52. The number of aromatic nitrogens is 2. The molecule has 1 N–H and O–H groups in total. The average molecular weight is 266 g/mol. The second-order valence-corrected chi connectivity index (χ2v) is 5.16. The summed E-state index contributed by atoms with van der Waals surface area (Å²) in [5.41, 5.74) is 8.61. The van der Waals surface area contributed by atoms with Gasteiger partial charge in [0.2, 0.25) is 5.95 Å². The van der Waals surface area contributed by atoms with Crippen LogP contribution in [-0.2, 0) is 6.42 Å². The van der Waals surface area contributed by atoms with E-state index in [4.69, 9.17) is 0 Å². The lowest BCUT2D eigenvalue weighted by Crippen LogP contribution is -2.14. The van der Waals surface area contributed by atoms with Gasteiger partial charge in [-0.1, -0.05) is 24.3 Å². The van der Waals surface area contributed by atoms with E-state index in [-0.39, 0.29) is 0 Å². The first kappa shape index (κ1) is 12.8. The lowest BCUT2D eigenvalue weighted by molar-refractivity contribution is 0.836. The smallest absolute Gasteiger partial charge is 0.243 e. The fourth-order valence-electron chi connectivity index (χ4n) is 2.61. The SMILES string of the molecule is Cc1cc(C)nc(N/N=C2/CCCc3ccccc32)n1. The zero-order chi connectivity index (χ0) is 13.9. The lowest BCUT2D eigenvalue weighted by Gasteiger charge is -2.17. The van der Waals surface area contributed by atoms with Crippen LogP contribution in [0.1, 0.15) is 35.4 Å². The number of rotatable bonds is 2. The molecule has 0 saturated carbocycles. The molecule has 102 valence electrons. The van der Waals surface area contributed by atoms with E-state index in [0.29, 0.717) is 5.95 Å². The second-order valence-electron chi connectivity index (χ2n) is 5.16. The Kier molecular flexibility index (Phi) is 3.46. The van der Waals surface area contributed by atoms with Gasteiger partial charge in [-0.15, -0.1) is 0 Å². The Morgan fingerprint density at radius 1 is 1.05 bits per heavy atom. The number of nitrogens with one attached hydrogen (secondary N) is 1. The fourth-order valence-corrected chi connectivity index (χ4v) is 2.61. The Morgan fingerprint density at radius 2 is 1.80 bits per heavy atom. The highest BCUT2D eigenvalue weighted by molar-refractivity contribution is 6.02. The standard InChI is InChI=1S/C16H18N4/c1-11-10-12(2)18-16(17-11)20-19-15-9-5-7-13-6-3-4-8-14(13)15/h3-4,6,8,10H,5,7,9H2,1-2H3,(H,17,18,20)/b19-15-. The molecule has 2 aromatic rings. The van der Waals surface area contributed by atoms with E-state index in [1.54, 1.807) is 0 Å². The number of aryl methyl sites for hydroxylation is 3. The first-order chi connectivity index (χ1) is 9.72. The molecule has 1 aromatic carbocycles. The Hall–Kier alpha value is -2.23. The van der Waals surface area contributed by atoms with Crippen molar-refractivity contribution in [1.29, 1.82) is 0 Å². The average Bonchev–Trinajstić information content (AvgIpc) is 2.44. The third kappa shape index (κ3) is 2.69. The van der Waals surface area contributed by atoms with E-state index in [9.17, 15) is 0 Å². The minimum Gasteiger partial charge on any atom is -0.245 e. The quantitative estimate of drug-likeness (QED) is 0.849. The van der Waals surface area contributed by atoms with Crippen molar-refractivity contribution in [3.05, 3.63) is 52.8 Å². The summed E-state index contributed by atoms with van der Waals surface area (Å²) in [6.45, 7) is 3.92. The van der Waals surface area contributed by atoms with E-state index in [0.717, 1.165) is 36.4 Å². The number of hydrazone groups is 1. The largest absolute Gasteiger partial charge is 0.245 e. The number of hydrogen-bond acceptors (Lipinski definition) is 4. The molecule has 0 atom stereocenters. The molecular formula is C16H18N4. The summed E-state index contributed by atoms with van der Waals surface area (Å²) >= 11 is 0. The molecule has 0 aliphatic heterocycles. The summed E-state index contributed by atoms with van der Waals surface area (Å²) in [6, 6.07) is 10.4. The minimum absolute atomic E-state index is 0.568. The molecular weight excluding hydrogens is 248 g/mol. The van der Waals surface area contributed by atoms with Crippen LogP contribution in [-0.4, -0.2) is 15.7 Å². The van der Waals surface area contributed by atoms with E-state index < -0.39 is 0 Å². The normalized spacial score (nSPS) is 16.0. The highest BCUT2D eigenvalue weighted by Gasteiger charge is 2.14. The second kappa shape index (κ2) is 5.41. The summed E-state index contributed by atoms with van der Waals surface area (Å²) in [5.74, 6) is 0.568. The fraction of sp³-hybridized carbons (Fsp3) is 0.312. The van der Waals surface area contributed by atoms with Crippen LogP contribution in [0.4, 0.5) is 5.95 Å². The van der Waals surface area contributed by atoms with Crippen LogP contribution in [0.25, 0.3) is 0 Å². The summed E-state index contributed by atoms with van der Waals surface area (Å²) < 4.78 is 0. The molecule has 0 unspecified atom stereocenters. The summed E-state index contributed by atoms with van der Waals surface area (Å²) in [5, 5.41) is 4.52. The van der Waals surface area contributed by atoms with Crippen molar-refractivity contribution in [3.63, 3.8) is 0 Å². The molecule has 0 saturated heterocycles. The van der Waals surface area contributed by atoms with Crippen LogP contribution in [0.3, 0.4) is 0 Å². The van der Waals surface area contributed by atoms with E-state index >= 15 is 0 Å². The highest BCUT2D eigenvalue weighted by Crippen LogP contribution is 2.21. The number of fused-ring (bicyclic) bond motifs is 1. The molecule has 4 nitrogen and oxygen atoms in total. The van der Waals surface area contributed by atoms with Gasteiger partial charge in [0.25, 0.3) is 0 Å². The minimum atomic E-state index is 0.568. The van der Waals surface area contributed by atoms with Gasteiger partial charge in [0.1, 0.15) is 0 Å². The van der Waals surface area contributed by atoms with Crippen molar-refractivity contribution in [2.75, 3.05) is 5.43 Å². The lowest BCUT2D eigenvalue weighted by atomic mass is 9.90. The zero-order valence-corrected chi connectivity index (χ0v) is 11.8. The Labute approximate surface area is 119 Å². The van der Waals surface area contributed by atoms with Crippen LogP contribution in [0, 0.1) is 13.8 Å². The van der Waals surface area contributed by atoms with Crippen molar-refractivity contribution >= 4 is 11.7 Å². The first-order valence-corrected chi connectivity index (χ1v) is 6.95. The van der Waals surface area contributed by atoms with Crippen LogP contribution in [0.5, 0.6) is 0 Å². The number of anilines is 1. The van der Waals surface area contributed by atoms with Gasteiger partial charge >= 0.3 is 0 Å². The molecule has 20 heavy (non-hydrogen) atoms. The summed E-state index contributed by atoms with van der Waals surface area (Å²) in [7, 11) is 0. The van der Waals surface area contributed by atoms with Crippen LogP contribution in [0.2, 0.25) is 0 Å². The van der Waals surface area contributed by atoms with Crippen molar-refractivity contribution in [2.24, 2.45) is 5.10 Å². The Balaban J connectivity index is 1.87. The maximum Gasteiger partial charge on any atom is 0.243 e. The third-order valence-electron chi connectivity index (χ3n) is 3.46. The molecule has 4 heteroatoms. The predicted octanol–water partition coefficient (Wildman–Crippen LogP) is 3.25. The van der Waals surface area contributed by atoms with Gasteiger partial charge in [0, 0.05) is 17.0 Å². The molecule has 1 aliphatic rings. The topological polar surface area (TPSA) is 50.2 Å². The van der Waals surface area contributed by atoms with Gasteiger partial charge in [-0.05, 0) is 44.7 Å². The van der Waals surface area contributed by atoms with Crippen molar-refractivity contribution in [2.45, 2.75) is 33.1 Å². The summed E-state index contributed by atoms with van der Waals surface area (Å²) in [6.07, 6.45) is 3.27. The molecule has 0 fully saturated rings. The number of nitrogens with zero attached hydrogens (tertiary/aromatic N) is 3. The van der Waals surface area contributed by atoms with Crippen LogP contribution < -0.4 is 5.43 Å². The molecule has 0 bridgehead atoms. The van der Waals surface area contributed by atoms with Gasteiger partial charge in [0.05, 0.1) is 5.71 Å². The van der Waals surface area contributed by atoms with Crippen molar-refractivity contribution in [3.8, 4) is 0 Å². The molecule has 3 rings (SSSR count). The van der Waals surface area contributed by atoms with Gasteiger partial charge in [-0.25, -0.2) is 15.4 Å². The highest BCUT2D eigenvalue weighted by atomic mass is 15.4. The third-order valence-corrected chi connectivity index (χ3v) is 3.46. The Bertz CT molecular complexity index is 641. The van der Waals surface area contributed by atoms with Crippen molar-refractivity contribution < 1.29 is 0 Å². The molecule has 1 aromatic heterocycles. The molecule has 1 heterocycles. The van der Waals surface area contributed by atoms with Gasteiger partial charge in [-0.3, -0.25) is 0 Å². The van der Waals surface area contributed by atoms with Gasteiger partial charge < -0.3 is 0 Å². The maximum absolute atomic E-state index is 4.52. The number of benzene rings is 1. The summed E-state index contributed by atoms with van der Waals surface area (Å²) in [4.78, 5) is 8.69. The zero-order valence-electron chi connectivity index (χ0n) is 11.8. The first-order valence-electron chi connectivity index (χ1n) is 6.95. The molecule has 1 aliphatic carbocycles. The number of hydrogen-bond donors (Lipinski definition) is 1. The molecule has 0 amide bonds. The van der Waals surface area contributed by atoms with Gasteiger partial charge in [-0.2, -0.15) is 5.10 Å². The van der Waals surface area contributed by atoms with E-state index in [1.165, 1.54) is 11.1 Å². The van der Waals surface area contributed by atoms with E-state index in [1.807, 2.05) is 19.9 Å². The van der Waals surface area contributed by atoms with Gasteiger partial charge in [0.15, 0.2) is 0 Å². The van der Waals surface area contributed by atoms with Crippen molar-refractivity contribution in [1.82, 2.24) is 9.97 Å². The van der Waals surface area contributed by atoms with Crippen LogP contribution >= 0.6 is 0 Å². The monoisotopic (exact) mass is 266 g/mol. The Morgan fingerprint density at radius 3 is 2.60 bits per heavy atom. The van der Waals surface area contributed by atoms with Crippen LogP contribution in [0.15, 0.2) is 35.4 Å². The molecule has 0 radical (unpaired) electrons. The van der Waals surface area contributed by atoms with E-state index in [2.05, 4.69) is 44.8 Å². The predicted molar refractivity (Wildman–Crippen MR) is 81.0 cm³/mol. The molecule has 0 spiro atoms.